The first-order valence-electron chi connectivity index (χ1n) is 7.84. The van der Waals surface area contributed by atoms with Gasteiger partial charge in [0.15, 0.2) is 11.5 Å². The predicted octanol–water partition coefficient (Wildman–Crippen LogP) is 4.84. The van der Waals surface area contributed by atoms with Gasteiger partial charge in [0.2, 0.25) is 0 Å². The molecule has 2 aromatic rings. The molecule has 0 bridgehead atoms. The number of benzene rings is 2. The fourth-order valence-electron chi connectivity index (χ4n) is 2.58. The second kappa shape index (κ2) is 8.14. The summed E-state index contributed by atoms with van der Waals surface area (Å²) in [5, 5.41) is -0.366. The molecular formula is C19H15BrFNO4S. The Labute approximate surface area is 168 Å². The van der Waals surface area contributed by atoms with E-state index in [-0.39, 0.29) is 23.5 Å². The second-order valence-corrected chi connectivity index (χ2v) is 7.48. The summed E-state index contributed by atoms with van der Waals surface area (Å²) in [6, 6.07) is 9.19. The van der Waals surface area contributed by atoms with Crippen LogP contribution in [0.5, 0.6) is 11.5 Å². The van der Waals surface area contributed by atoms with Gasteiger partial charge in [0.05, 0.1) is 30.1 Å². The molecule has 8 heteroatoms. The van der Waals surface area contributed by atoms with Crippen LogP contribution in [0.4, 0.5) is 9.18 Å². The highest BCUT2D eigenvalue weighted by molar-refractivity contribution is 9.10. The van der Waals surface area contributed by atoms with Gasteiger partial charge in [-0.15, -0.1) is 0 Å². The maximum Gasteiger partial charge on any atom is 0.293 e. The highest BCUT2D eigenvalue weighted by Gasteiger charge is 2.35. The van der Waals surface area contributed by atoms with Gasteiger partial charge < -0.3 is 9.47 Å². The lowest BCUT2D eigenvalue weighted by molar-refractivity contribution is -0.123. The quantitative estimate of drug-likeness (QED) is 0.608. The van der Waals surface area contributed by atoms with Crippen molar-refractivity contribution in [2.45, 2.75) is 6.54 Å². The molecule has 2 amide bonds. The van der Waals surface area contributed by atoms with E-state index >= 15 is 0 Å². The Morgan fingerprint density at radius 1 is 1.15 bits per heavy atom. The molecule has 0 atom stereocenters. The van der Waals surface area contributed by atoms with Gasteiger partial charge in [-0.05, 0) is 69.2 Å². The van der Waals surface area contributed by atoms with Gasteiger partial charge in [0, 0.05) is 0 Å². The van der Waals surface area contributed by atoms with E-state index in [4.69, 9.17) is 9.47 Å². The molecule has 140 valence electrons. The Balaban J connectivity index is 1.86. The van der Waals surface area contributed by atoms with E-state index in [0.29, 0.717) is 32.0 Å². The molecule has 5 nitrogen and oxygen atoms in total. The van der Waals surface area contributed by atoms with Crippen molar-refractivity contribution < 1.29 is 23.5 Å². The number of halogens is 2. The largest absolute Gasteiger partial charge is 0.493 e. The summed E-state index contributed by atoms with van der Waals surface area (Å²) in [4.78, 5) is 26.3. The molecule has 1 heterocycles. The predicted molar refractivity (Wildman–Crippen MR) is 105 cm³/mol. The van der Waals surface area contributed by atoms with Crippen molar-refractivity contribution in [2.24, 2.45) is 0 Å². The Morgan fingerprint density at radius 3 is 2.48 bits per heavy atom. The molecule has 27 heavy (non-hydrogen) atoms. The van der Waals surface area contributed by atoms with Gasteiger partial charge in [-0.3, -0.25) is 14.5 Å². The fraction of sp³-hybridized carbons (Fsp3) is 0.158. The molecule has 0 saturated carbocycles. The van der Waals surface area contributed by atoms with Crippen molar-refractivity contribution in [1.29, 1.82) is 0 Å². The van der Waals surface area contributed by atoms with Gasteiger partial charge in [-0.2, -0.15) is 0 Å². The molecule has 0 N–H and O–H groups in total. The van der Waals surface area contributed by atoms with E-state index in [0.717, 1.165) is 16.7 Å². The molecule has 3 rings (SSSR count). The van der Waals surface area contributed by atoms with Crippen molar-refractivity contribution in [1.82, 2.24) is 4.90 Å². The number of carbonyl (C=O) groups is 2. The van der Waals surface area contributed by atoms with Crippen LogP contribution in [0, 0.1) is 5.82 Å². The van der Waals surface area contributed by atoms with Gasteiger partial charge in [0.25, 0.3) is 11.1 Å². The third-order valence-corrected chi connectivity index (χ3v) is 5.38. The lowest BCUT2D eigenvalue weighted by atomic mass is 10.1. The Bertz CT molecular complexity index is 930. The number of rotatable bonds is 5. The molecule has 1 aliphatic rings. The van der Waals surface area contributed by atoms with Crippen LogP contribution in [0.3, 0.4) is 0 Å². The van der Waals surface area contributed by atoms with Crippen molar-refractivity contribution >= 4 is 44.9 Å². The van der Waals surface area contributed by atoms with Gasteiger partial charge in [-0.25, -0.2) is 4.39 Å². The highest BCUT2D eigenvalue weighted by Crippen LogP contribution is 2.39. The number of thioether (sulfide) groups is 1. The number of amides is 2. The topological polar surface area (TPSA) is 55.8 Å². The van der Waals surface area contributed by atoms with Crippen LogP contribution >= 0.6 is 27.7 Å². The minimum atomic E-state index is -0.389. The normalized spacial score (nSPS) is 15.6. The van der Waals surface area contributed by atoms with E-state index < -0.39 is 0 Å². The maximum absolute atomic E-state index is 13.0. The van der Waals surface area contributed by atoms with Crippen LogP contribution in [0.25, 0.3) is 6.08 Å². The molecule has 0 spiro atoms. The Kier molecular flexibility index (Phi) is 5.86. The molecule has 0 aliphatic carbocycles. The summed E-state index contributed by atoms with van der Waals surface area (Å²) >= 11 is 4.27. The first kappa shape index (κ1) is 19.4. The molecule has 2 aromatic carbocycles. The number of carbonyl (C=O) groups excluding carboxylic acids is 2. The average molecular weight is 452 g/mol. The van der Waals surface area contributed by atoms with Crippen LogP contribution in [-0.2, 0) is 11.3 Å². The lowest BCUT2D eigenvalue weighted by Gasteiger charge is -2.12. The first-order chi connectivity index (χ1) is 12.9. The third-order valence-electron chi connectivity index (χ3n) is 3.88. The fourth-order valence-corrected chi connectivity index (χ4v) is 4.04. The standard InChI is InChI=1S/C19H15BrFNO4S/c1-25-15-8-12(7-14(20)17(15)26-2)9-16-18(23)22(19(24)27-16)10-11-3-5-13(21)6-4-11/h3-9H,10H2,1-2H3/b16-9-. The smallest absolute Gasteiger partial charge is 0.293 e. The molecule has 0 radical (unpaired) electrons. The summed E-state index contributed by atoms with van der Waals surface area (Å²) in [5.41, 5.74) is 1.36. The molecule has 0 unspecified atom stereocenters. The zero-order valence-corrected chi connectivity index (χ0v) is 16.9. The summed E-state index contributed by atoms with van der Waals surface area (Å²) < 4.78 is 24.3. The minimum Gasteiger partial charge on any atom is -0.493 e. The Hall–Kier alpha value is -2.32. The number of hydrogen-bond acceptors (Lipinski definition) is 5. The summed E-state index contributed by atoms with van der Waals surface area (Å²) in [5.74, 6) is 0.287. The van der Waals surface area contributed by atoms with Crippen LogP contribution in [0.1, 0.15) is 11.1 Å². The second-order valence-electron chi connectivity index (χ2n) is 5.63. The summed E-state index contributed by atoms with van der Waals surface area (Å²) in [6.07, 6.45) is 1.63. The highest BCUT2D eigenvalue weighted by atomic mass is 79.9. The van der Waals surface area contributed by atoms with Crippen molar-refractivity contribution in [3.8, 4) is 11.5 Å². The van der Waals surface area contributed by atoms with E-state index in [1.807, 2.05) is 0 Å². The van der Waals surface area contributed by atoms with Crippen LogP contribution in [-0.4, -0.2) is 30.3 Å². The number of methoxy groups -OCH3 is 2. The third kappa shape index (κ3) is 4.17. The minimum absolute atomic E-state index is 0.0952. The molecule has 0 aromatic heterocycles. The number of ether oxygens (including phenoxy) is 2. The summed E-state index contributed by atoms with van der Waals surface area (Å²) in [6.45, 7) is 0.0952. The van der Waals surface area contributed by atoms with Gasteiger partial charge in [-0.1, -0.05) is 12.1 Å². The maximum atomic E-state index is 13.0. The average Bonchev–Trinajstić information content (AvgIpc) is 2.90. The van der Waals surface area contributed by atoms with Crippen LogP contribution in [0.2, 0.25) is 0 Å². The van der Waals surface area contributed by atoms with E-state index in [2.05, 4.69) is 15.9 Å². The molecule has 1 saturated heterocycles. The van der Waals surface area contributed by atoms with Crippen LogP contribution < -0.4 is 9.47 Å². The zero-order valence-electron chi connectivity index (χ0n) is 14.5. The van der Waals surface area contributed by atoms with Crippen molar-refractivity contribution in [3.63, 3.8) is 0 Å². The Morgan fingerprint density at radius 2 is 1.85 bits per heavy atom. The van der Waals surface area contributed by atoms with E-state index in [1.54, 1.807) is 30.3 Å². The molecule has 1 aliphatic heterocycles. The van der Waals surface area contributed by atoms with E-state index in [1.165, 1.54) is 26.4 Å². The van der Waals surface area contributed by atoms with Gasteiger partial charge in [0.1, 0.15) is 5.82 Å². The lowest BCUT2D eigenvalue weighted by Crippen LogP contribution is -2.27. The SMILES string of the molecule is COc1cc(/C=C2\SC(=O)N(Cc3ccc(F)cc3)C2=O)cc(Br)c1OC. The first-order valence-corrected chi connectivity index (χ1v) is 9.45. The number of imide groups is 1. The number of nitrogens with zero attached hydrogens (tertiary/aromatic N) is 1. The monoisotopic (exact) mass is 451 g/mol. The van der Waals surface area contributed by atoms with Crippen molar-refractivity contribution in [3.05, 3.63) is 62.7 Å². The molecular weight excluding hydrogens is 437 g/mol. The van der Waals surface area contributed by atoms with Crippen LogP contribution in [0.15, 0.2) is 45.8 Å². The molecule has 1 fully saturated rings. The summed E-state index contributed by atoms with van der Waals surface area (Å²) in [7, 11) is 3.05. The van der Waals surface area contributed by atoms with Crippen molar-refractivity contribution in [2.75, 3.05) is 14.2 Å². The zero-order chi connectivity index (χ0) is 19.6. The van der Waals surface area contributed by atoms with E-state index in [9.17, 15) is 14.0 Å². The number of hydrogen-bond donors (Lipinski definition) is 0. The van der Waals surface area contributed by atoms with Gasteiger partial charge >= 0.3 is 0 Å².